The quantitative estimate of drug-likeness (QED) is 0.201. The molecule has 0 heterocycles. The van der Waals surface area contributed by atoms with E-state index in [2.05, 4.69) is 6.92 Å². The molecule has 7 nitrogen and oxygen atoms in total. The van der Waals surface area contributed by atoms with Crippen molar-refractivity contribution < 1.29 is 34.2 Å². The molecule has 0 aliphatic carbocycles. The highest BCUT2D eigenvalue weighted by molar-refractivity contribution is 5.66. The molecular formula is C23H43NO6. The Bertz CT molecular complexity index is 430. The van der Waals surface area contributed by atoms with E-state index in [0.29, 0.717) is 43.4 Å². The Balaban J connectivity index is 4.66. The first-order valence-electron chi connectivity index (χ1n) is 11.8. The molecule has 0 aromatic rings. The Morgan fingerprint density at radius 1 is 0.600 bits per heavy atom. The average molecular weight is 430 g/mol. The Labute approximate surface area is 182 Å². The van der Waals surface area contributed by atoms with Crippen molar-refractivity contribution in [3.05, 3.63) is 0 Å². The third kappa shape index (κ3) is 17.2. The molecule has 0 spiro atoms. The Kier molecular flexibility index (Phi) is 17.2. The maximum atomic E-state index is 10.9. The molecule has 0 atom stereocenters. The standard InChI is InChI=1S/C23H43NO6/c1-2-3-4-5-6-7-8-9-10-17-24(18-11-14-21(25)26,19-12-15-22(27)28)20-13-16-23(29)30/h2-20H2,1H3,(H2-,25,26,27,28,29,30). The zero-order valence-electron chi connectivity index (χ0n) is 18.9. The van der Waals surface area contributed by atoms with Gasteiger partial charge in [-0.05, 0) is 19.3 Å². The molecule has 0 aliphatic rings. The van der Waals surface area contributed by atoms with Crippen molar-refractivity contribution in [1.29, 1.82) is 0 Å². The van der Waals surface area contributed by atoms with Gasteiger partial charge in [0.05, 0.1) is 39.0 Å². The van der Waals surface area contributed by atoms with Gasteiger partial charge in [-0.25, -0.2) is 0 Å². The number of carbonyl (C=O) groups excluding carboxylic acids is 1. The highest BCUT2D eigenvalue weighted by Gasteiger charge is 2.26. The van der Waals surface area contributed by atoms with Gasteiger partial charge < -0.3 is 24.6 Å². The predicted molar refractivity (Wildman–Crippen MR) is 115 cm³/mol. The lowest BCUT2D eigenvalue weighted by atomic mass is 10.1. The topological polar surface area (TPSA) is 115 Å². The van der Waals surface area contributed by atoms with E-state index >= 15 is 0 Å². The number of hydrogen-bond acceptors (Lipinski definition) is 4. The van der Waals surface area contributed by atoms with Crippen LogP contribution in [0.4, 0.5) is 0 Å². The average Bonchev–Trinajstić information content (AvgIpc) is 2.65. The lowest BCUT2D eigenvalue weighted by Crippen LogP contribution is -2.51. The van der Waals surface area contributed by atoms with Gasteiger partial charge in [0.15, 0.2) is 0 Å². The number of aliphatic carboxylic acids is 3. The molecule has 0 aromatic carbocycles. The van der Waals surface area contributed by atoms with Gasteiger partial charge in [-0.2, -0.15) is 0 Å². The zero-order chi connectivity index (χ0) is 22.7. The molecule has 0 radical (unpaired) electrons. The van der Waals surface area contributed by atoms with Crippen LogP contribution >= 0.6 is 0 Å². The summed E-state index contributed by atoms with van der Waals surface area (Å²) in [5.41, 5.74) is 0. The Morgan fingerprint density at radius 2 is 0.967 bits per heavy atom. The summed E-state index contributed by atoms with van der Waals surface area (Å²) in [7, 11) is 0. The molecule has 0 fully saturated rings. The van der Waals surface area contributed by atoms with Gasteiger partial charge in [0.1, 0.15) is 0 Å². The number of hydrogen-bond donors (Lipinski definition) is 2. The van der Waals surface area contributed by atoms with Crippen LogP contribution in [0.25, 0.3) is 0 Å². The van der Waals surface area contributed by atoms with Crippen LogP contribution in [-0.2, 0) is 14.4 Å². The largest absolute Gasteiger partial charge is 0.550 e. The predicted octanol–water partition coefficient (Wildman–Crippen LogP) is 3.59. The second-order valence-corrected chi connectivity index (χ2v) is 8.53. The van der Waals surface area contributed by atoms with Crippen molar-refractivity contribution in [2.45, 2.75) is 103 Å². The van der Waals surface area contributed by atoms with Crippen LogP contribution in [0.3, 0.4) is 0 Å². The van der Waals surface area contributed by atoms with Gasteiger partial charge in [0, 0.05) is 25.2 Å². The number of quaternary nitrogens is 1. The molecule has 0 bridgehead atoms. The van der Waals surface area contributed by atoms with Gasteiger partial charge >= 0.3 is 11.9 Å². The van der Waals surface area contributed by atoms with Crippen LogP contribution in [0.2, 0.25) is 0 Å². The monoisotopic (exact) mass is 429 g/mol. The van der Waals surface area contributed by atoms with E-state index < -0.39 is 17.9 Å². The van der Waals surface area contributed by atoms with E-state index in [-0.39, 0.29) is 19.3 Å². The Hall–Kier alpha value is -1.63. The van der Waals surface area contributed by atoms with E-state index in [1.165, 1.54) is 44.9 Å². The number of nitrogens with zero attached hydrogens (tertiary/aromatic N) is 1. The van der Waals surface area contributed by atoms with Crippen molar-refractivity contribution in [1.82, 2.24) is 0 Å². The van der Waals surface area contributed by atoms with Crippen molar-refractivity contribution >= 4 is 17.9 Å². The minimum atomic E-state index is -1.08. The zero-order valence-corrected chi connectivity index (χ0v) is 18.9. The van der Waals surface area contributed by atoms with Crippen LogP contribution in [0, 0.1) is 0 Å². The fraction of sp³-hybridized carbons (Fsp3) is 0.870. The summed E-state index contributed by atoms with van der Waals surface area (Å²) < 4.78 is 0.615. The summed E-state index contributed by atoms with van der Waals surface area (Å²) in [4.78, 5) is 32.7. The number of carboxylic acids is 3. The molecule has 0 unspecified atom stereocenters. The van der Waals surface area contributed by atoms with Crippen molar-refractivity contribution in [2.75, 3.05) is 26.2 Å². The first-order chi connectivity index (χ1) is 14.3. The highest BCUT2D eigenvalue weighted by atomic mass is 16.4. The molecule has 0 aromatic heterocycles. The molecule has 7 heteroatoms. The van der Waals surface area contributed by atoms with Crippen molar-refractivity contribution in [3.63, 3.8) is 0 Å². The number of carbonyl (C=O) groups is 3. The van der Waals surface area contributed by atoms with Gasteiger partial charge in [0.2, 0.25) is 0 Å². The van der Waals surface area contributed by atoms with Crippen LogP contribution in [0.5, 0.6) is 0 Å². The smallest absolute Gasteiger partial charge is 0.303 e. The van der Waals surface area contributed by atoms with E-state index in [4.69, 9.17) is 10.2 Å². The first kappa shape index (κ1) is 28.4. The van der Waals surface area contributed by atoms with E-state index in [1.54, 1.807) is 0 Å². The van der Waals surface area contributed by atoms with E-state index in [9.17, 15) is 19.5 Å². The highest BCUT2D eigenvalue weighted by Crippen LogP contribution is 2.18. The second-order valence-electron chi connectivity index (χ2n) is 8.53. The summed E-state index contributed by atoms with van der Waals surface area (Å²) in [5.74, 6) is -2.75. The third-order valence-electron chi connectivity index (χ3n) is 5.80. The minimum absolute atomic E-state index is 0.0182. The van der Waals surface area contributed by atoms with Crippen LogP contribution in [-0.4, -0.2) is 58.8 Å². The third-order valence-corrected chi connectivity index (χ3v) is 5.80. The normalized spacial score (nSPS) is 11.5. The fourth-order valence-corrected chi connectivity index (χ4v) is 4.12. The summed E-state index contributed by atoms with van der Waals surface area (Å²) in [5, 5.41) is 28.8. The SMILES string of the molecule is CCCCCCCCCCC[N+](CCCC(=O)[O-])(CCCC(=O)O)CCCC(=O)O. The molecule has 176 valence electrons. The van der Waals surface area contributed by atoms with E-state index in [0.717, 1.165) is 19.4 Å². The van der Waals surface area contributed by atoms with Crippen LogP contribution in [0.1, 0.15) is 103 Å². The van der Waals surface area contributed by atoms with Gasteiger partial charge in [-0.15, -0.1) is 0 Å². The number of carboxylic acid groups (broad SMARTS) is 3. The molecule has 30 heavy (non-hydrogen) atoms. The summed E-state index contributed by atoms with van der Waals surface area (Å²) in [6.07, 6.45) is 12.6. The summed E-state index contributed by atoms with van der Waals surface area (Å²) in [6.45, 7) is 4.99. The summed E-state index contributed by atoms with van der Waals surface area (Å²) in [6, 6.07) is 0. The lowest BCUT2D eigenvalue weighted by molar-refractivity contribution is -0.929. The summed E-state index contributed by atoms with van der Waals surface area (Å²) >= 11 is 0. The van der Waals surface area contributed by atoms with Gasteiger partial charge in [0.25, 0.3) is 0 Å². The van der Waals surface area contributed by atoms with Gasteiger partial charge in [-0.1, -0.05) is 51.9 Å². The molecule has 2 N–H and O–H groups in total. The molecule has 0 rings (SSSR count). The first-order valence-corrected chi connectivity index (χ1v) is 11.8. The molecule has 0 saturated carbocycles. The maximum absolute atomic E-state index is 10.9. The number of unbranched alkanes of at least 4 members (excludes halogenated alkanes) is 8. The van der Waals surface area contributed by atoms with Crippen LogP contribution in [0.15, 0.2) is 0 Å². The van der Waals surface area contributed by atoms with Crippen LogP contribution < -0.4 is 5.11 Å². The maximum Gasteiger partial charge on any atom is 0.303 e. The molecule has 0 aliphatic heterocycles. The molecular weight excluding hydrogens is 386 g/mol. The van der Waals surface area contributed by atoms with Crippen molar-refractivity contribution in [2.24, 2.45) is 0 Å². The minimum Gasteiger partial charge on any atom is -0.550 e. The molecule has 0 saturated heterocycles. The number of rotatable bonds is 22. The fourth-order valence-electron chi connectivity index (χ4n) is 4.12. The van der Waals surface area contributed by atoms with E-state index in [1.807, 2.05) is 0 Å². The van der Waals surface area contributed by atoms with Crippen molar-refractivity contribution in [3.8, 4) is 0 Å². The Morgan fingerprint density at radius 3 is 1.37 bits per heavy atom. The van der Waals surface area contributed by atoms with Gasteiger partial charge in [-0.3, -0.25) is 9.59 Å². The molecule has 0 amide bonds. The second kappa shape index (κ2) is 18.2. The lowest BCUT2D eigenvalue weighted by Gasteiger charge is -2.39.